The van der Waals surface area contributed by atoms with Gasteiger partial charge in [0.15, 0.2) is 5.11 Å². The average Bonchev–Trinajstić information content (AvgIpc) is 2.75. The third kappa shape index (κ3) is 6.53. The Morgan fingerprint density at radius 2 is 1.62 bits per heavy atom. The molecule has 170 valence electrons. The van der Waals surface area contributed by atoms with E-state index in [2.05, 4.69) is 36.7 Å². The minimum atomic E-state index is -0.299. The van der Waals surface area contributed by atoms with Gasteiger partial charge in [-0.25, -0.2) is 0 Å². The first kappa shape index (κ1) is 24.2. The number of carbonyl (C=O) groups excluding carboxylic acids is 2. The van der Waals surface area contributed by atoms with Crippen LogP contribution in [0.2, 0.25) is 5.02 Å². The minimum absolute atomic E-state index is 0.0153. The lowest BCUT2D eigenvalue weighted by atomic mass is 9.87. The zero-order valence-corrected chi connectivity index (χ0v) is 20.3. The lowest BCUT2D eigenvalue weighted by Crippen LogP contribution is -2.36. The van der Waals surface area contributed by atoms with E-state index in [0.29, 0.717) is 21.8 Å². The molecule has 5 nitrogen and oxygen atoms in total. The van der Waals surface area contributed by atoms with Gasteiger partial charge in [0.1, 0.15) is 0 Å². The number of benzene rings is 2. The van der Waals surface area contributed by atoms with Crippen molar-refractivity contribution in [3.63, 3.8) is 0 Å². The van der Waals surface area contributed by atoms with E-state index in [1.807, 2.05) is 12.1 Å². The van der Waals surface area contributed by atoms with Crippen LogP contribution in [0.5, 0.6) is 0 Å². The van der Waals surface area contributed by atoms with E-state index in [0.717, 1.165) is 31.2 Å². The molecule has 0 unspecified atom stereocenters. The van der Waals surface area contributed by atoms with Crippen LogP contribution in [0.1, 0.15) is 79.2 Å². The lowest BCUT2D eigenvalue weighted by Gasteiger charge is -2.23. The molecule has 2 amide bonds. The lowest BCUT2D eigenvalue weighted by molar-refractivity contribution is 0.0926. The fraction of sp³-hybridized carbons (Fsp3) is 0.400. The molecule has 32 heavy (non-hydrogen) atoms. The molecule has 0 saturated heterocycles. The maximum absolute atomic E-state index is 12.7. The van der Waals surface area contributed by atoms with Crippen LogP contribution in [0.15, 0.2) is 42.5 Å². The molecule has 0 atom stereocenters. The first-order valence-electron chi connectivity index (χ1n) is 11.0. The normalized spacial score (nSPS) is 14.5. The zero-order valence-electron chi connectivity index (χ0n) is 18.8. The van der Waals surface area contributed by atoms with Gasteiger partial charge in [-0.2, -0.15) is 0 Å². The average molecular weight is 472 g/mol. The topological polar surface area (TPSA) is 70.2 Å². The molecule has 0 aromatic heterocycles. The Bertz CT molecular complexity index is 993. The number of nitrogens with one attached hydrogen (secondary N) is 3. The first-order valence-corrected chi connectivity index (χ1v) is 11.8. The highest BCUT2D eigenvalue weighted by atomic mass is 35.5. The summed E-state index contributed by atoms with van der Waals surface area (Å²) in [4.78, 5) is 25.2. The molecular weight excluding hydrogens is 442 g/mol. The van der Waals surface area contributed by atoms with E-state index in [4.69, 9.17) is 23.8 Å². The van der Waals surface area contributed by atoms with Gasteiger partial charge in [-0.1, -0.05) is 63.8 Å². The van der Waals surface area contributed by atoms with Gasteiger partial charge in [-0.3, -0.25) is 14.9 Å². The molecule has 3 rings (SSSR count). The Balaban J connectivity index is 1.61. The summed E-state index contributed by atoms with van der Waals surface area (Å²) < 4.78 is 0. The molecule has 0 spiro atoms. The Labute approximate surface area is 200 Å². The van der Waals surface area contributed by atoms with Crippen LogP contribution in [0.3, 0.4) is 0 Å². The van der Waals surface area contributed by atoms with E-state index in [1.165, 1.54) is 6.42 Å². The summed E-state index contributed by atoms with van der Waals surface area (Å²) in [5.41, 5.74) is 2.65. The van der Waals surface area contributed by atoms with Crippen molar-refractivity contribution in [2.75, 3.05) is 5.32 Å². The molecule has 0 radical (unpaired) electrons. The molecule has 0 bridgehead atoms. The number of anilines is 1. The number of halogens is 1. The largest absolute Gasteiger partial charge is 0.349 e. The standard InChI is InChI=1S/C25H30ClN3O2S/c1-25(2,3)17-11-9-16(10-12-17)22(30)29-24(32)28-19-13-14-21(26)20(15-19)23(31)27-18-7-5-4-6-8-18/h9-15,18H,4-8H2,1-3H3,(H,27,31)(H2,28,29,30,32). The summed E-state index contributed by atoms with van der Waals surface area (Å²) in [6, 6.07) is 12.7. The highest BCUT2D eigenvalue weighted by molar-refractivity contribution is 7.80. The highest BCUT2D eigenvalue weighted by Gasteiger charge is 2.19. The van der Waals surface area contributed by atoms with Crippen molar-refractivity contribution >= 4 is 46.4 Å². The summed E-state index contributed by atoms with van der Waals surface area (Å²) >= 11 is 11.6. The van der Waals surface area contributed by atoms with Gasteiger partial charge in [0.2, 0.25) is 0 Å². The van der Waals surface area contributed by atoms with Gasteiger partial charge in [-0.05, 0) is 66.4 Å². The maximum Gasteiger partial charge on any atom is 0.257 e. The number of amides is 2. The van der Waals surface area contributed by atoms with Crippen LogP contribution in [0, 0.1) is 0 Å². The van der Waals surface area contributed by atoms with E-state index in [-0.39, 0.29) is 28.4 Å². The minimum Gasteiger partial charge on any atom is -0.349 e. The maximum atomic E-state index is 12.7. The van der Waals surface area contributed by atoms with E-state index in [9.17, 15) is 9.59 Å². The van der Waals surface area contributed by atoms with Crippen molar-refractivity contribution in [2.24, 2.45) is 0 Å². The van der Waals surface area contributed by atoms with Gasteiger partial charge in [0.25, 0.3) is 11.8 Å². The van der Waals surface area contributed by atoms with Crippen LogP contribution < -0.4 is 16.0 Å². The molecule has 7 heteroatoms. The van der Waals surface area contributed by atoms with Crippen molar-refractivity contribution < 1.29 is 9.59 Å². The van der Waals surface area contributed by atoms with Crippen LogP contribution in [0.25, 0.3) is 0 Å². The molecule has 1 saturated carbocycles. The summed E-state index contributed by atoms with van der Waals surface area (Å²) in [5.74, 6) is -0.494. The van der Waals surface area contributed by atoms with Crippen molar-refractivity contribution in [1.29, 1.82) is 0 Å². The van der Waals surface area contributed by atoms with Crippen molar-refractivity contribution in [3.05, 3.63) is 64.2 Å². The van der Waals surface area contributed by atoms with Crippen LogP contribution in [0.4, 0.5) is 5.69 Å². The van der Waals surface area contributed by atoms with Crippen LogP contribution >= 0.6 is 23.8 Å². The summed E-state index contributed by atoms with van der Waals surface area (Å²) in [5, 5.41) is 9.24. The van der Waals surface area contributed by atoms with E-state index < -0.39 is 0 Å². The summed E-state index contributed by atoms with van der Waals surface area (Å²) in [7, 11) is 0. The monoisotopic (exact) mass is 471 g/mol. The molecule has 1 fully saturated rings. The fourth-order valence-corrected chi connectivity index (χ4v) is 4.16. The quantitative estimate of drug-likeness (QED) is 0.491. The summed E-state index contributed by atoms with van der Waals surface area (Å²) in [6.45, 7) is 6.37. The number of carbonyl (C=O) groups is 2. The van der Waals surface area contributed by atoms with Crippen LogP contribution in [-0.2, 0) is 5.41 Å². The molecule has 2 aromatic carbocycles. The van der Waals surface area contributed by atoms with Gasteiger partial charge < -0.3 is 10.6 Å². The van der Waals surface area contributed by atoms with Crippen molar-refractivity contribution in [3.8, 4) is 0 Å². The molecule has 3 N–H and O–H groups in total. The third-order valence-corrected chi connectivity index (χ3v) is 6.18. The molecule has 0 heterocycles. The Kier molecular flexibility index (Phi) is 7.91. The molecular formula is C25H30ClN3O2S. The Morgan fingerprint density at radius 3 is 2.25 bits per heavy atom. The molecule has 1 aliphatic rings. The predicted molar refractivity (Wildman–Crippen MR) is 135 cm³/mol. The summed E-state index contributed by atoms with van der Waals surface area (Å²) in [6.07, 6.45) is 5.47. The third-order valence-electron chi connectivity index (χ3n) is 5.65. The van der Waals surface area contributed by atoms with E-state index in [1.54, 1.807) is 30.3 Å². The molecule has 0 aliphatic heterocycles. The van der Waals surface area contributed by atoms with Gasteiger partial charge in [0.05, 0.1) is 10.6 Å². The molecule has 1 aliphatic carbocycles. The highest BCUT2D eigenvalue weighted by Crippen LogP contribution is 2.24. The predicted octanol–water partition coefficient (Wildman–Crippen LogP) is 5.83. The smallest absolute Gasteiger partial charge is 0.257 e. The number of hydrogen-bond donors (Lipinski definition) is 3. The fourth-order valence-electron chi connectivity index (χ4n) is 3.75. The second kappa shape index (κ2) is 10.5. The van der Waals surface area contributed by atoms with Crippen LogP contribution in [-0.4, -0.2) is 23.0 Å². The number of hydrogen-bond acceptors (Lipinski definition) is 3. The van der Waals surface area contributed by atoms with Gasteiger partial charge >= 0.3 is 0 Å². The Morgan fingerprint density at radius 1 is 0.969 bits per heavy atom. The number of thiocarbonyl (C=S) groups is 1. The second-order valence-corrected chi connectivity index (χ2v) is 10.1. The zero-order chi connectivity index (χ0) is 23.3. The van der Waals surface area contributed by atoms with Gasteiger partial charge in [0, 0.05) is 17.3 Å². The first-order chi connectivity index (χ1) is 15.1. The van der Waals surface area contributed by atoms with E-state index >= 15 is 0 Å². The number of rotatable bonds is 4. The van der Waals surface area contributed by atoms with Gasteiger partial charge in [-0.15, -0.1) is 0 Å². The SMILES string of the molecule is CC(C)(C)c1ccc(C(=O)NC(=S)Nc2ccc(Cl)c(C(=O)NC3CCCCC3)c2)cc1. The second-order valence-electron chi connectivity index (χ2n) is 9.24. The van der Waals surface area contributed by atoms with Crippen molar-refractivity contribution in [2.45, 2.75) is 64.3 Å². The van der Waals surface area contributed by atoms with Crippen molar-refractivity contribution in [1.82, 2.24) is 10.6 Å². The molecule has 2 aromatic rings. The Hall–Kier alpha value is -2.44.